The summed E-state index contributed by atoms with van der Waals surface area (Å²) < 4.78 is 0. The molecule has 5 rings (SSSR count). The number of carbonyl (C=O) groups excluding carboxylic acids is 1. The molecule has 0 spiro atoms. The average molecular weight is 465 g/mol. The molecule has 34 heavy (non-hydrogen) atoms. The van der Waals surface area contributed by atoms with Crippen LogP contribution in [-0.2, 0) is 19.4 Å². The first kappa shape index (κ1) is 22.7. The molecule has 180 valence electrons. The van der Waals surface area contributed by atoms with Gasteiger partial charge in [-0.3, -0.25) is 9.69 Å². The fraction of sp³-hybridized carbons (Fsp3) is 0.462. The molecular formula is C26H32N4O4. The van der Waals surface area contributed by atoms with Crippen molar-refractivity contribution in [2.75, 3.05) is 57.3 Å². The minimum atomic E-state index is -0.872. The van der Waals surface area contributed by atoms with Crippen LogP contribution >= 0.6 is 0 Å². The summed E-state index contributed by atoms with van der Waals surface area (Å²) in [4.78, 5) is 31.9. The maximum atomic E-state index is 13.1. The van der Waals surface area contributed by atoms with Gasteiger partial charge in [-0.2, -0.15) is 0 Å². The van der Waals surface area contributed by atoms with Gasteiger partial charge in [0.2, 0.25) is 0 Å². The third-order valence-electron chi connectivity index (χ3n) is 7.28. The van der Waals surface area contributed by atoms with Crippen LogP contribution in [0.25, 0.3) is 0 Å². The van der Waals surface area contributed by atoms with Crippen LogP contribution in [-0.4, -0.2) is 95.4 Å². The third-order valence-corrected chi connectivity index (χ3v) is 7.28. The van der Waals surface area contributed by atoms with Crippen LogP contribution in [0, 0.1) is 0 Å². The number of hydrogen-bond acceptors (Lipinski definition) is 5. The number of carboxylic acid groups (broad SMARTS) is 1. The summed E-state index contributed by atoms with van der Waals surface area (Å²) in [5, 5.41) is 19.9. The number of anilines is 1. The molecule has 0 radical (unpaired) electrons. The zero-order valence-corrected chi connectivity index (χ0v) is 19.4. The van der Waals surface area contributed by atoms with Gasteiger partial charge >= 0.3 is 6.09 Å². The van der Waals surface area contributed by atoms with Crippen molar-refractivity contribution in [3.8, 4) is 0 Å². The van der Waals surface area contributed by atoms with Crippen molar-refractivity contribution in [1.29, 1.82) is 0 Å². The first-order chi connectivity index (χ1) is 16.5. The molecule has 0 bridgehead atoms. The number of piperazine rings is 1. The summed E-state index contributed by atoms with van der Waals surface area (Å²) in [6.07, 6.45) is 0.295. The normalized spacial score (nSPS) is 19.6. The van der Waals surface area contributed by atoms with Crippen molar-refractivity contribution in [3.63, 3.8) is 0 Å². The Hall–Kier alpha value is -3.10. The molecular weight excluding hydrogens is 432 g/mol. The minimum absolute atomic E-state index is 0.0217. The van der Waals surface area contributed by atoms with Gasteiger partial charge in [-0.25, -0.2) is 4.79 Å². The average Bonchev–Trinajstić information content (AvgIpc) is 2.85. The predicted octanol–water partition coefficient (Wildman–Crippen LogP) is 1.90. The van der Waals surface area contributed by atoms with Gasteiger partial charge in [-0.05, 0) is 47.7 Å². The van der Waals surface area contributed by atoms with E-state index in [2.05, 4.69) is 40.1 Å². The first-order valence-corrected chi connectivity index (χ1v) is 12.1. The van der Waals surface area contributed by atoms with E-state index in [1.54, 1.807) is 4.90 Å². The monoisotopic (exact) mass is 464 g/mol. The van der Waals surface area contributed by atoms with E-state index in [9.17, 15) is 14.7 Å². The van der Waals surface area contributed by atoms with Gasteiger partial charge in [0, 0.05) is 70.2 Å². The van der Waals surface area contributed by atoms with Gasteiger partial charge in [0.25, 0.3) is 5.91 Å². The number of aliphatic hydroxyl groups is 1. The van der Waals surface area contributed by atoms with Gasteiger partial charge in [0.15, 0.2) is 0 Å². The number of hydrogen-bond donors (Lipinski definition) is 2. The molecule has 3 aliphatic heterocycles. The largest absolute Gasteiger partial charge is 0.465 e. The van der Waals surface area contributed by atoms with Crippen molar-refractivity contribution in [3.05, 3.63) is 64.7 Å². The van der Waals surface area contributed by atoms with Crippen molar-refractivity contribution in [1.82, 2.24) is 14.7 Å². The Kier molecular flexibility index (Phi) is 6.43. The lowest BCUT2D eigenvalue weighted by Gasteiger charge is -2.36. The minimum Gasteiger partial charge on any atom is -0.465 e. The van der Waals surface area contributed by atoms with E-state index >= 15 is 0 Å². The molecule has 0 saturated carbocycles. The van der Waals surface area contributed by atoms with Crippen LogP contribution < -0.4 is 4.90 Å². The van der Waals surface area contributed by atoms with Gasteiger partial charge < -0.3 is 24.9 Å². The molecule has 2 aromatic rings. The molecule has 3 aliphatic rings. The summed E-state index contributed by atoms with van der Waals surface area (Å²) in [7, 11) is 0. The number of β-amino-alcohol motifs (C(OH)–C–C–N with tert-alkyl or cyclic N) is 1. The SMILES string of the molecule is O=C(O)N1CCN(c2ccc3c(c2)CCN(CC(O)CN2CCc4ccccc4C2)C3=O)CC1. The summed E-state index contributed by atoms with van der Waals surface area (Å²) in [6, 6.07) is 14.4. The lowest BCUT2D eigenvalue weighted by atomic mass is 9.97. The highest BCUT2D eigenvalue weighted by atomic mass is 16.4. The number of carbonyl (C=O) groups is 2. The molecule has 8 heteroatoms. The maximum absolute atomic E-state index is 13.1. The van der Waals surface area contributed by atoms with Crippen LogP contribution in [0.2, 0.25) is 0 Å². The zero-order valence-electron chi connectivity index (χ0n) is 19.4. The molecule has 1 atom stereocenters. The van der Waals surface area contributed by atoms with E-state index in [0.29, 0.717) is 51.4 Å². The van der Waals surface area contributed by atoms with E-state index < -0.39 is 12.2 Å². The quantitative estimate of drug-likeness (QED) is 0.703. The Morgan fingerprint density at radius 3 is 2.38 bits per heavy atom. The molecule has 0 aliphatic carbocycles. The van der Waals surface area contributed by atoms with E-state index in [1.165, 1.54) is 16.0 Å². The van der Waals surface area contributed by atoms with Crippen LogP contribution in [0.5, 0.6) is 0 Å². The van der Waals surface area contributed by atoms with E-state index in [4.69, 9.17) is 5.11 Å². The number of amides is 2. The van der Waals surface area contributed by atoms with Crippen LogP contribution in [0.1, 0.15) is 27.0 Å². The second-order valence-electron chi connectivity index (χ2n) is 9.51. The number of fused-ring (bicyclic) bond motifs is 2. The van der Waals surface area contributed by atoms with Gasteiger partial charge in [-0.15, -0.1) is 0 Å². The predicted molar refractivity (Wildman–Crippen MR) is 129 cm³/mol. The lowest BCUT2D eigenvalue weighted by Crippen LogP contribution is -2.48. The molecule has 2 amide bonds. The fourth-order valence-electron chi connectivity index (χ4n) is 5.37. The summed E-state index contributed by atoms with van der Waals surface area (Å²) >= 11 is 0. The Labute approximate surface area is 200 Å². The van der Waals surface area contributed by atoms with Gasteiger partial charge in [0.05, 0.1) is 6.10 Å². The smallest absolute Gasteiger partial charge is 0.407 e. The molecule has 1 fully saturated rings. The van der Waals surface area contributed by atoms with Crippen molar-refractivity contribution in [2.45, 2.75) is 25.5 Å². The maximum Gasteiger partial charge on any atom is 0.407 e. The highest BCUT2D eigenvalue weighted by Crippen LogP contribution is 2.26. The molecule has 8 nitrogen and oxygen atoms in total. The molecule has 0 aromatic heterocycles. The first-order valence-electron chi connectivity index (χ1n) is 12.1. The van der Waals surface area contributed by atoms with E-state index in [1.807, 2.05) is 12.1 Å². The van der Waals surface area contributed by atoms with Crippen LogP contribution in [0.4, 0.5) is 10.5 Å². The van der Waals surface area contributed by atoms with Crippen molar-refractivity contribution >= 4 is 17.7 Å². The molecule has 3 heterocycles. The molecule has 1 unspecified atom stereocenters. The second-order valence-corrected chi connectivity index (χ2v) is 9.51. The summed E-state index contributed by atoms with van der Waals surface area (Å²) in [5.41, 5.74) is 5.48. The van der Waals surface area contributed by atoms with Crippen LogP contribution in [0.15, 0.2) is 42.5 Å². The number of benzene rings is 2. The van der Waals surface area contributed by atoms with Crippen LogP contribution in [0.3, 0.4) is 0 Å². The fourth-order valence-corrected chi connectivity index (χ4v) is 5.37. The standard InChI is InChI=1S/C26H32N4O4/c31-23(17-27-9-7-19-3-1-2-4-21(19)16-27)18-30-10-8-20-15-22(5-6-24(20)25(30)32)28-11-13-29(14-12-28)26(33)34/h1-6,15,23,31H,7-14,16-18H2,(H,33,34). The molecule has 1 saturated heterocycles. The second kappa shape index (κ2) is 9.64. The third kappa shape index (κ3) is 4.74. The number of nitrogens with zero attached hydrogens (tertiary/aromatic N) is 4. The Morgan fingerprint density at radius 2 is 1.62 bits per heavy atom. The molecule has 2 aromatic carbocycles. The summed E-state index contributed by atoms with van der Waals surface area (Å²) in [5.74, 6) is -0.0217. The molecule has 2 N–H and O–H groups in total. The Morgan fingerprint density at radius 1 is 0.882 bits per heavy atom. The highest BCUT2D eigenvalue weighted by molar-refractivity contribution is 5.97. The van der Waals surface area contributed by atoms with E-state index in [-0.39, 0.29) is 5.91 Å². The number of aliphatic hydroxyl groups excluding tert-OH is 1. The Bertz CT molecular complexity index is 1070. The van der Waals surface area contributed by atoms with Crippen molar-refractivity contribution < 1.29 is 19.8 Å². The summed E-state index contributed by atoms with van der Waals surface area (Å²) in [6.45, 7) is 5.54. The zero-order chi connectivity index (χ0) is 23.7. The number of rotatable bonds is 5. The lowest BCUT2D eigenvalue weighted by molar-refractivity contribution is 0.0493. The van der Waals surface area contributed by atoms with Gasteiger partial charge in [0.1, 0.15) is 0 Å². The topological polar surface area (TPSA) is 87.6 Å². The van der Waals surface area contributed by atoms with E-state index in [0.717, 1.165) is 37.2 Å². The van der Waals surface area contributed by atoms with Gasteiger partial charge in [-0.1, -0.05) is 24.3 Å². The highest BCUT2D eigenvalue weighted by Gasteiger charge is 2.28. The Balaban J connectivity index is 1.17. The van der Waals surface area contributed by atoms with Crippen molar-refractivity contribution in [2.24, 2.45) is 0 Å².